The third-order valence-corrected chi connectivity index (χ3v) is 5.16. The molecular formula is C19H23NO. The molecule has 4 rings (SSSR count). The summed E-state index contributed by atoms with van der Waals surface area (Å²) in [5.74, 6) is 0. The molecule has 1 aliphatic heterocycles. The molecule has 1 saturated heterocycles. The summed E-state index contributed by atoms with van der Waals surface area (Å²) in [4.78, 5) is 0. The topological polar surface area (TPSA) is 21.3 Å². The minimum Gasteiger partial charge on any atom is -0.382 e. The van der Waals surface area contributed by atoms with Crippen molar-refractivity contribution in [3.05, 3.63) is 42.5 Å². The lowest BCUT2D eigenvalue weighted by Crippen LogP contribution is -2.27. The minimum absolute atomic E-state index is 0.241. The fourth-order valence-electron chi connectivity index (χ4n) is 4.03. The molecule has 0 aromatic heterocycles. The zero-order valence-corrected chi connectivity index (χ0v) is 12.5. The van der Waals surface area contributed by atoms with Crippen molar-refractivity contribution in [2.24, 2.45) is 0 Å². The van der Waals surface area contributed by atoms with E-state index in [9.17, 15) is 0 Å². The molecule has 1 saturated carbocycles. The lowest BCUT2D eigenvalue weighted by Gasteiger charge is -2.24. The summed E-state index contributed by atoms with van der Waals surface area (Å²) in [6.07, 6.45) is 8.09. The summed E-state index contributed by atoms with van der Waals surface area (Å²) in [5.41, 5.74) is 1.47. The van der Waals surface area contributed by atoms with Crippen molar-refractivity contribution in [2.45, 2.75) is 50.2 Å². The van der Waals surface area contributed by atoms with Gasteiger partial charge in [0.15, 0.2) is 0 Å². The molecule has 0 bridgehead atoms. The fraction of sp³-hybridized carbons (Fsp3) is 0.474. The molecule has 2 fully saturated rings. The SMILES string of the molecule is c1ccc2c(NCC3CCC4(CCCC4)O3)cccc2c1. The van der Waals surface area contributed by atoms with Crippen LogP contribution in [-0.2, 0) is 4.74 Å². The maximum Gasteiger partial charge on any atom is 0.0756 e. The molecule has 0 amide bonds. The zero-order chi connectivity index (χ0) is 14.1. The number of nitrogens with one attached hydrogen (secondary N) is 1. The Bertz CT molecular complexity index is 625. The molecule has 1 heterocycles. The van der Waals surface area contributed by atoms with Gasteiger partial charge in [0.05, 0.1) is 11.7 Å². The van der Waals surface area contributed by atoms with Crippen LogP contribution in [-0.4, -0.2) is 18.2 Å². The van der Waals surface area contributed by atoms with E-state index in [0.29, 0.717) is 6.10 Å². The molecule has 21 heavy (non-hydrogen) atoms. The van der Waals surface area contributed by atoms with Gasteiger partial charge in [-0.3, -0.25) is 0 Å². The maximum atomic E-state index is 6.38. The lowest BCUT2D eigenvalue weighted by molar-refractivity contribution is -0.0306. The highest BCUT2D eigenvalue weighted by molar-refractivity contribution is 5.93. The predicted octanol–water partition coefficient (Wildman–Crippen LogP) is 4.74. The van der Waals surface area contributed by atoms with Crippen molar-refractivity contribution in [1.82, 2.24) is 0 Å². The first kappa shape index (κ1) is 13.1. The van der Waals surface area contributed by atoms with Gasteiger partial charge < -0.3 is 10.1 Å². The van der Waals surface area contributed by atoms with Crippen molar-refractivity contribution < 1.29 is 4.74 Å². The maximum absolute atomic E-state index is 6.38. The van der Waals surface area contributed by atoms with E-state index in [1.54, 1.807) is 0 Å². The van der Waals surface area contributed by atoms with Crippen LogP contribution in [0.25, 0.3) is 10.8 Å². The summed E-state index contributed by atoms with van der Waals surface area (Å²) in [5, 5.41) is 6.20. The largest absolute Gasteiger partial charge is 0.382 e. The number of rotatable bonds is 3. The highest BCUT2D eigenvalue weighted by atomic mass is 16.5. The molecule has 2 nitrogen and oxygen atoms in total. The summed E-state index contributed by atoms with van der Waals surface area (Å²) in [6.45, 7) is 0.926. The molecule has 1 N–H and O–H groups in total. The first-order chi connectivity index (χ1) is 10.3. The molecular weight excluding hydrogens is 258 g/mol. The second-order valence-electron chi connectivity index (χ2n) is 6.58. The van der Waals surface area contributed by atoms with E-state index in [4.69, 9.17) is 4.74 Å². The monoisotopic (exact) mass is 281 g/mol. The Morgan fingerprint density at radius 1 is 1.00 bits per heavy atom. The number of anilines is 1. The normalized spacial score (nSPS) is 23.9. The van der Waals surface area contributed by atoms with Crippen LogP contribution in [0.3, 0.4) is 0 Å². The van der Waals surface area contributed by atoms with Crippen LogP contribution >= 0.6 is 0 Å². The van der Waals surface area contributed by atoms with Gasteiger partial charge in [-0.1, -0.05) is 49.2 Å². The fourth-order valence-corrected chi connectivity index (χ4v) is 4.03. The Morgan fingerprint density at radius 2 is 1.81 bits per heavy atom. The second-order valence-corrected chi connectivity index (χ2v) is 6.58. The molecule has 2 aromatic rings. The predicted molar refractivity (Wildman–Crippen MR) is 87.7 cm³/mol. The second kappa shape index (κ2) is 5.34. The van der Waals surface area contributed by atoms with Crippen LogP contribution in [0.2, 0.25) is 0 Å². The van der Waals surface area contributed by atoms with E-state index in [-0.39, 0.29) is 5.60 Å². The summed E-state index contributed by atoms with van der Waals surface area (Å²) >= 11 is 0. The van der Waals surface area contributed by atoms with E-state index in [1.165, 1.54) is 55.0 Å². The van der Waals surface area contributed by atoms with E-state index in [0.717, 1.165) is 6.54 Å². The van der Waals surface area contributed by atoms with Gasteiger partial charge in [-0.15, -0.1) is 0 Å². The minimum atomic E-state index is 0.241. The number of hydrogen-bond donors (Lipinski definition) is 1. The Morgan fingerprint density at radius 3 is 2.71 bits per heavy atom. The first-order valence-corrected chi connectivity index (χ1v) is 8.24. The molecule has 2 aliphatic rings. The highest BCUT2D eigenvalue weighted by Crippen LogP contribution is 2.43. The van der Waals surface area contributed by atoms with Gasteiger partial charge in [-0.2, -0.15) is 0 Å². The van der Waals surface area contributed by atoms with Crippen LogP contribution in [0.1, 0.15) is 38.5 Å². The van der Waals surface area contributed by atoms with Crippen molar-refractivity contribution in [3.63, 3.8) is 0 Å². The molecule has 2 heteroatoms. The third-order valence-electron chi connectivity index (χ3n) is 5.16. The standard InChI is InChI=1S/C19H23NO/c1-2-8-17-15(6-1)7-5-9-18(17)20-14-16-10-13-19(21-16)11-3-4-12-19/h1-2,5-9,16,20H,3-4,10-14H2. The van der Waals surface area contributed by atoms with Crippen LogP contribution < -0.4 is 5.32 Å². The van der Waals surface area contributed by atoms with Crippen LogP contribution in [0.15, 0.2) is 42.5 Å². The van der Waals surface area contributed by atoms with E-state index in [1.807, 2.05) is 0 Å². The number of ether oxygens (including phenoxy) is 1. The highest BCUT2D eigenvalue weighted by Gasteiger charge is 2.41. The smallest absolute Gasteiger partial charge is 0.0756 e. The van der Waals surface area contributed by atoms with E-state index in [2.05, 4.69) is 47.8 Å². The Labute approximate surface area is 126 Å². The molecule has 0 radical (unpaired) electrons. The van der Waals surface area contributed by atoms with Crippen LogP contribution in [0, 0.1) is 0 Å². The van der Waals surface area contributed by atoms with Crippen molar-refractivity contribution >= 4 is 16.5 Å². The van der Waals surface area contributed by atoms with Crippen molar-refractivity contribution in [1.29, 1.82) is 0 Å². The first-order valence-electron chi connectivity index (χ1n) is 8.24. The van der Waals surface area contributed by atoms with Gasteiger partial charge in [0.1, 0.15) is 0 Å². The molecule has 1 spiro atoms. The lowest BCUT2D eigenvalue weighted by atomic mass is 9.98. The van der Waals surface area contributed by atoms with Gasteiger partial charge in [-0.25, -0.2) is 0 Å². The van der Waals surface area contributed by atoms with Gasteiger partial charge in [0.2, 0.25) is 0 Å². The molecule has 110 valence electrons. The Balaban J connectivity index is 1.45. The van der Waals surface area contributed by atoms with Crippen molar-refractivity contribution in [2.75, 3.05) is 11.9 Å². The number of fused-ring (bicyclic) bond motifs is 1. The molecule has 1 unspecified atom stereocenters. The molecule has 2 aromatic carbocycles. The Hall–Kier alpha value is -1.54. The van der Waals surface area contributed by atoms with E-state index < -0.39 is 0 Å². The van der Waals surface area contributed by atoms with E-state index >= 15 is 0 Å². The summed E-state index contributed by atoms with van der Waals surface area (Å²) < 4.78 is 6.38. The number of benzene rings is 2. The van der Waals surface area contributed by atoms with Crippen LogP contribution in [0.5, 0.6) is 0 Å². The van der Waals surface area contributed by atoms with Gasteiger partial charge in [0, 0.05) is 17.6 Å². The van der Waals surface area contributed by atoms with Gasteiger partial charge in [-0.05, 0) is 37.1 Å². The average Bonchev–Trinajstić information content (AvgIpc) is 3.15. The summed E-state index contributed by atoms with van der Waals surface area (Å²) in [7, 11) is 0. The third kappa shape index (κ3) is 2.53. The Kier molecular flexibility index (Phi) is 3.34. The zero-order valence-electron chi connectivity index (χ0n) is 12.5. The van der Waals surface area contributed by atoms with Crippen molar-refractivity contribution in [3.8, 4) is 0 Å². The van der Waals surface area contributed by atoms with Gasteiger partial charge in [0.25, 0.3) is 0 Å². The summed E-state index contributed by atoms with van der Waals surface area (Å²) in [6, 6.07) is 15.0. The average molecular weight is 281 g/mol. The molecule has 1 atom stereocenters. The number of hydrogen-bond acceptors (Lipinski definition) is 2. The quantitative estimate of drug-likeness (QED) is 0.877. The van der Waals surface area contributed by atoms with Gasteiger partial charge >= 0.3 is 0 Å². The molecule has 1 aliphatic carbocycles. The van der Waals surface area contributed by atoms with Crippen LogP contribution in [0.4, 0.5) is 5.69 Å².